The maximum absolute atomic E-state index is 11.0. The van der Waals surface area contributed by atoms with Crippen LogP contribution < -0.4 is 5.73 Å². The van der Waals surface area contributed by atoms with Gasteiger partial charge >= 0.3 is 6.09 Å². The van der Waals surface area contributed by atoms with E-state index in [0.717, 1.165) is 12.0 Å². The van der Waals surface area contributed by atoms with Gasteiger partial charge in [-0.1, -0.05) is 44.2 Å². The van der Waals surface area contributed by atoms with E-state index in [1.807, 2.05) is 37.3 Å². The third kappa shape index (κ3) is 3.26. The van der Waals surface area contributed by atoms with E-state index in [1.165, 1.54) is 0 Å². The van der Waals surface area contributed by atoms with Gasteiger partial charge in [-0.05, 0) is 24.8 Å². The highest BCUT2D eigenvalue weighted by molar-refractivity contribution is 5.65. The molecule has 1 atom stereocenters. The zero-order valence-corrected chi connectivity index (χ0v) is 10.1. The molecule has 1 amide bonds. The van der Waals surface area contributed by atoms with E-state index in [2.05, 4.69) is 13.8 Å². The number of hydrogen-bond donors (Lipinski definition) is 1. The summed E-state index contributed by atoms with van der Waals surface area (Å²) in [5, 5.41) is 0. The normalized spacial score (nSPS) is 14.5. The minimum absolute atomic E-state index is 0.421. The monoisotopic (exact) mass is 221 g/mol. The number of amides is 1. The molecule has 1 aromatic rings. The average Bonchev–Trinajstić information content (AvgIpc) is 2.16. The molecule has 0 aliphatic rings. The third-order valence-electron chi connectivity index (χ3n) is 2.51. The summed E-state index contributed by atoms with van der Waals surface area (Å²) in [6, 6.07) is 9.69. The highest BCUT2D eigenvalue weighted by atomic mass is 16.6. The zero-order chi connectivity index (χ0) is 12.2. The Labute approximate surface area is 96.6 Å². The van der Waals surface area contributed by atoms with Crippen LogP contribution in [0.3, 0.4) is 0 Å². The van der Waals surface area contributed by atoms with E-state index < -0.39 is 11.7 Å². The molecule has 1 unspecified atom stereocenters. The summed E-state index contributed by atoms with van der Waals surface area (Å²) in [7, 11) is 0. The predicted molar refractivity (Wildman–Crippen MR) is 63.9 cm³/mol. The van der Waals surface area contributed by atoms with E-state index in [9.17, 15) is 4.79 Å². The first-order valence-corrected chi connectivity index (χ1v) is 5.48. The van der Waals surface area contributed by atoms with Gasteiger partial charge in [0, 0.05) is 0 Å². The maximum Gasteiger partial charge on any atom is 0.405 e. The van der Waals surface area contributed by atoms with Gasteiger partial charge < -0.3 is 10.5 Å². The first kappa shape index (κ1) is 12.6. The van der Waals surface area contributed by atoms with Crippen molar-refractivity contribution in [2.75, 3.05) is 0 Å². The van der Waals surface area contributed by atoms with E-state index in [4.69, 9.17) is 10.5 Å². The molecular formula is C13H19NO2. The molecule has 0 bridgehead atoms. The van der Waals surface area contributed by atoms with Crippen molar-refractivity contribution in [2.24, 2.45) is 11.7 Å². The van der Waals surface area contributed by atoms with Crippen LogP contribution >= 0.6 is 0 Å². The third-order valence-corrected chi connectivity index (χ3v) is 2.51. The molecule has 1 aromatic carbocycles. The van der Waals surface area contributed by atoms with Crippen LogP contribution in [0.4, 0.5) is 4.79 Å². The van der Waals surface area contributed by atoms with Gasteiger partial charge in [0.25, 0.3) is 0 Å². The molecule has 16 heavy (non-hydrogen) atoms. The number of carbonyl (C=O) groups excluding carboxylic acids is 1. The molecule has 1 rings (SSSR count). The number of nitrogens with two attached hydrogens (primary N) is 1. The lowest BCUT2D eigenvalue weighted by Crippen LogP contribution is -2.33. The topological polar surface area (TPSA) is 52.3 Å². The Hall–Kier alpha value is -1.51. The first-order chi connectivity index (χ1) is 7.44. The fourth-order valence-corrected chi connectivity index (χ4v) is 2.01. The smallest absolute Gasteiger partial charge is 0.405 e. The van der Waals surface area contributed by atoms with Gasteiger partial charge in [0.1, 0.15) is 5.60 Å². The van der Waals surface area contributed by atoms with Gasteiger partial charge in [-0.15, -0.1) is 0 Å². The minimum Gasteiger partial charge on any atom is -0.438 e. The summed E-state index contributed by atoms with van der Waals surface area (Å²) in [6.45, 7) is 6.07. The van der Waals surface area contributed by atoms with Crippen molar-refractivity contribution in [3.05, 3.63) is 35.9 Å². The number of ether oxygens (including phenoxy) is 1. The molecule has 88 valence electrons. The lowest BCUT2D eigenvalue weighted by Gasteiger charge is -2.30. The predicted octanol–water partition coefficient (Wildman–Crippen LogP) is 3.04. The summed E-state index contributed by atoms with van der Waals surface area (Å²) in [6.07, 6.45) is 0.0203. The molecule has 3 nitrogen and oxygen atoms in total. The van der Waals surface area contributed by atoms with Crippen LogP contribution in [0.1, 0.15) is 32.8 Å². The van der Waals surface area contributed by atoms with Gasteiger partial charge in [0.15, 0.2) is 0 Å². The van der Waals surface area contributed by atoms with Crippen LogP contribution in [0.5, 0.6) is 0 Å². The van der Waals surface area contributed by atoms with Gasteiger partial charge in [0.2, 0.25) is 0 Å². The van der Waals surface area contributed by atoms with E-state index in [-0.39, 0.29) is 0 Å². The number of carbonyl (C=O) groups is 1. The van der Waals surface area contributed by atoms with Crippen molar-refractivity contribution in [3.63, 3.8) is 0 Å². The van der Waals surface area contributed by atoms with E-state index >= 15 is 0 Å². The van der Waals surface area contributed by atoms with Gasteiger partial charge in [-0.3, -0.25) is 0 Å². The largest absolute Gasteiger partial charge is 0.438 e. The van der Waals surface area contributed by atoms with Crippen molar-refractivity contribution < 1.29 is 9.53 Å². The number of rotatable bonds is 4. The number of benzene rings is 1. The first-order valence-electron chi connectivity index (χ1n) is 5.48. The Bertz CT molecular complexity index is 348. The van der Waals surface area contributed by atoms with Crippen molar-refractivity contribution in [2.45, 2.75) is 32.8 Å². The molecule has 0 aromatic heterocycles. The summed E-state index contributed by atoms with van der Waals surface area (Å²) >= 11 is 0. The Balaban J connectivity index is 2.99. The molecule has 0 heterocycles. The lowest BCUT2D eigenvalue weighted by atomic mass is 9.87. The highest BCUT2D eigenvalue weighted by Crippen LogP contribution is 2.32. The second kappa shape index (κ2) is 5.01. The molecule has 2 N–H and O–H groups in total. The van der Waals surface area contributed by atoms with Crippen LogP contribution in [-0.4, -0.2) is 6.09 Å². The van der Waals surface area contributed by atoms with Gasteiger partial charge in [-0.2, -0.15) is 0 Å². The Morgan fingerprint density at radius 3 is 2.38 bits per heavy atom. The molecule has 0 saturated carbocycles. The second-order valence-electron chi connectivity index (χ2n) is 4.62. The minimum atomic E-state index is -0.730. The number of hydrogen-bond acceptors (Lipinski definition) is 2. The Morgan fingerprint density at radius 1 is 1.38 bits per heavy atom. The summed E-state index contributed by atoms with van der Waals surface area (Å²) < 4.78 is 5.27. The van der Waals surface area contributed by atoms with Crippen molar-refractivity contribution in [1.82, 2.24) is 0 Å². The zero-order valence-electron chi connectivity index (χ0n) is 10.1. The van der Waals surface area contributed by atoms with Crippen LogP contribution in [-0.2, 0) is 10.3 Å². The van der Waals surface area contributed by atoms with Gasteiger partial charge in [0.05, 0.1) is 0 Å². The fourth-order valence-electron chi connectivity index (χ4n) is 2.01. The lowest BCUT2D eigenvalue weighted by molar-refractivity contribution is 0.0117. The molecular weight excluding hydrogens is 202 g/mol. The second-order valence-corrected chi connectivity index (χ2v) is 4.62. The van der Waals surface area contributed by atoms with Gasteiger partial charge in [-0.25, -0.2) is 4.79 Å². The quantitative estimate of drug-likeness (QED) is 0.849. The SMILES string of the molecule is CC(C)CC(C)(OC(N)=O)c1ccccc1. The van der Waals surface area contributed by atoms with E-state index in [1.54, 1.807) is 0 Å². The van der Waals surface area contributed by atoms with Crippen molar-refractivity contribution in [3.8, 4) is 0 Å². The standard InChI is InChI=1S/C13H19NO2/c1-10(2)9-13(3,16-12(14)15)11-7-5-4-6-8-11/h4-8,10H,9H2,1-3H3,(H2,14,15). The molecule has 3 heteroatoms. The summed E-state index contributed by atoms with van der Waals surface area (Å²) in [5.41, 5.74) is 5.47. The number of primary amides is 1. The summed E-state index contributed by atoms with van der Waals surface area (Å²) in [5.74, 6) is 0.421. The Morgan fingerprint density at radius 2 is 1.94 bits per heavy atom. The van der Waals surface area contributed by atoms with Crippen molar-refractivity contribution in [1.29, 1.82) is 0 Å². The fraction of sp³-hybridized carbons (Fsp3) is 0.462. The molecule has 0 radical (unpaired) electrons. The molecule has 0 fully saturated rings. The maximum atomic E-state index is 11.0. The Kier molecular flexibility index (Phi) is 3.93. The van der Waals surface area contributed by atoms with Crippen LogP contribution in [0.2, 0.25) is 0 Å². The molecule has 0 spiro atoms. The average molecular weight is 221 g/mol. The van der Waals surface area contributed by atoms with Crippen LogP contribution in [0, 0.1) is 5.92 Å². The van der Waals surface area contributed by atoms with Crippen LogP contribution in [0.25, 0.3) is 0 Å². The highest BCUT2D eigenvalue weighted by Gasteiger charge is 2.31. The van der Waals surface area contributed by atoms with E-state index in [0.29, 0.717) is 5.92 Å². The molecule has 0 saturated heterocycles. The molecule has 0 aliphatic heterocycles. The van der Waals surface area contributed by atoms with Crippen molar-refractivity contribution >= 4 is 6.09 Å². The molecule has 0 aliphatic carbocycles. The van der Waals surface area contributed by atoms with Crippen LogP contribution in [0.15, 0.2) is 30.3 Å². The summed E-state index contributed by atoms with van der Waals surface area (Å²) in [4.78, 5) is 11.0.